The van der Waals surface area contributed by atoms with Gasteiger partial charge in [-0.15, -0.1) is 24.8 Å². The summed E-state index contributed by atoms with van der Waals surface area (Å²) in [4.78, 5) is 7.17. The lowest BCUT2D eigenvalue weighted by molar-refractivity contribution is 0.314. The van der Waals surface area contributed by atoms with Gasteiger partial charge >= 0.3 is 0 Å². The van der Waals surface area contributed by atoms with Crippen molar-refractivity contribution in [1.29, 1.82) is 0 Å². The molecule has 0 bridgehead atoms. The largest absolute Gasteiger partial charge is 0.330 e. The first kappa shape index (κ1) is 17.2. The van der Waals surface area contributed by atoms with Crippen molar-refractivity contribution >= 4 is 35.7 Å². The normalized spacial score (nSPS) is 18.6. The van der Waals surface area contributed by atoms with Crippen molar-refractivity contribution in [3.05, 3.63) is 42.1 Å². The van der Waals surface area contributed by atoms with Gasteiger partial charge < -0.3 is 5.73 Å². The molecule has 1 aliphatic rings. The van der Waals surface area contributed by atoms with Crippen LogP contribution < -0.4 is 5.73 Å². The van der Waals surface area contributed by atoms with Gasteiger partial charge in [0.25, 0.3) is 0 Å². The topological polar surface area (TPSA) is 42.1 Å². The third kappa shape index (κ3) is 3.83. The van der Waals surface area contributed by atoms with E-state index in [9.17, 15) is 0 Å². The molecule has 1 fully saturated rings. The number of likely N-dealkylation sites (tertiary alicyclic amines) is 1. The van der Waals surface area contributed by atoms with Crippen molar-refractivity contribution in [2.24, 2.45) is 11.7 Å². The Labute approximate surface area is 132 Å². The van der Waals surface area contributed by atoms with E-state index >= 15 is 0 Å². The van der Waals surface area contributed by atoms with Crippen molar-refractivity contribution in [1.82, 2.24) is 9.88 Å². The molecule has 2 heterocycles. The first-order chi connectivity index (χ1) is 8.85. The molecule has 3 rings (SSSR count). The minimum Gasteiger partial charge on any atom is -0.330 e. The lowest BCUT2D eigenvalue weighted by atomic mass is 10.1. The maximum absolute atomic E-state index is 5.72. The van der Waals surface area contributed by atoms with Crippen LogP contribution in [0.4, 0.5) is 0 Å². The maximum atomic E-state index is 5.72. The lowest BCUT2D eigenvalue weighted by Gasteiger charge is -2.15. The third-order valence-corrected chi connectivity index (χ3v) is 3.75. The number of pyridine rings is 1. The Balaban J connectivity index is 0.000001000. The standard InChI is InChI=1S/C15H19N3.2ClH/c16-9-12-7-8-18(10-12)11-14-6-5-13-3-1-2-4-15(13)17-14;;/h1-6,12H,7-11,16H2;2*1H. The molecule has 3 nitrogen and oxygen atoms in total. The Morgan fingerprint density at radius 1 is 1.15 bits per heavy atom. The average molecular weight is 314 g/mol. The zero-order valence-corrected chi connectivity index (χ0v) is 13.0. The van der Waals surface area contributed by atoms with E-state index in [0.29, 0.717) is 5.92 Å². The van der Waals surface area contributed by atoms with Gasteiger partial charge in [-0.05, 0) is 37.6 Å². The van der Waals surface area contributed by atoms with E-state index in [0.717, 1.165) is 37.4 Å². The van der Waals surface area contributed by atoms with E-state index in [-0.39, 0.29) is 24.8 Å². The van der Waals surface area contributed by atoms with Crippen LogP contribution in [0.3, 0.4) is 0 Å². The van der Waals surface area contributed by atoms with Gasteiger partial charge in [0, 0.05) is 18.5 Å². The maximum Gasteiger partial charge on any atom is 0.0705 e. The highest BCUT2D eigenvalue weighted by Gasteiger charge is 2.21. The smallest absolute Gasteiger partial charge is 0.0705 e. The first-order valence-electron chi connectivity index (χ1n) is 6.62. The molecule has 1 saturated heterocycles. The highest BCUT2D eigenvalue weighted by molar-refractivity contribution is 5.85. The monoisotopic (exact) mass is 313 g/mol. The highest BCUT2D eigenvalue weighted by Crippen LogP contribution is 2.18. The molecule has 110 valence electrons. The fraction of sp³-hybridized carbons (Fsp3) is 0.400. The summed E-state index contributed by atoms with van der Waals surface area (Å²) >= 11 is 0. The summed E-state index contributed by atoms with van der Waals surface area (Å²) in [6.45, 7) is 4.02. The van der Waals surface area contributed by atoms with Gasteiger partial charge in [0.15, 0.2) is 0 Å². The fourth-order valence-electron chi connectivity index (χ4n) is 2.67. The zero-order valence-electron chi connectivity index (χ0n) is 11.4. The van der Waals surface area contributed by atoms with Crippen LogP contribution in [0.1, 0.15) is 12.1 Å². The lowest BCUT2D eigenvalue weighted by Crippen LogP contribution is -2.23. The summed E-state index contributed by atoms with van der Waals surface area (Å²) in [6, 6.07) is 12.6. The Hall–Kier alpha value is -0.870. The molecule has 0 radical (unpaired) electrons. The number of hydrogen-bond acceptors (Lipinski definition) is 3. The Morgan fingerprint density at radius 2 is 1.95 bits per heavy atom. The predicted molar refractivity (Wildman–Crippen MR) is 88.7 cm³/mol. The molecule has 0 saturated carbocycles. The van der Waals surface area contributed by atoms with Gasteiger partial charge in [-0.25, -0.2) is 0 Å². The number of nitrogens with two attached hydrogens (primary N) is 1. The zero-order chi connectivity index (χ0) is 12.4. The minimum absolute atomic E-state index is 0. The number of hydrogen-bond donors (Lipinski definition) is 1. The number of rotatable bonds is 3. The van der Waals surface area contributed by atoms with Crippen molar-refractivity contribution in [3.63, 3.8) is 0 Å². The number of aromatic nitrogens is 1. The number of nitrogens with zero attached hydrogens (tertiary/aromatic N) is 2. The van der Waals surface area contributed by atoms with E-state index in [1.165, 1.54) is 11.8 Å². The van der Waals surface area contributed by atoms with E-state index in [4.69, 9.17) is 10.7 Å². The number of fused-ring (bicyclic) bond motifs is 1. The summed E-state index contributed by atoms with van der Waals surface area (Å²) in [6.07, 6.45) is 1.23. The van der Waals surface area contributed by atoms with Gasteiger partial charge in [0.1, 0.15) is 0 Å². The van der Waals surface area contributed by atoms with Gasteiger partial charge in [0.05, 0.1) is 11.2 Å². The van der Waals surface area contributed by atoms with Crippen molar-refractivity contribution < 1.29 is 0 Å². The third-order valence-electron chi connectivity index (χ3n) is 3.75. The van der Waals surface area contributed by atoms with Gasteiger partial charge in [-0.2, -0.15) is 0 Å². The molecule has 1 aromatic carbocycles. The predicted octanol–water partition coefficient (Wildman–Crippen LogP) is 2.86. The Kier molecular flexibility index (Phi) is 6.69. The second kappa shape index (κ2) is 7.79. The molecule has 1 aromatic heterocycles. The molecule has 20 heavy (non-hydrogen) atoms. The minimum atomic E-state index is 0. The van der Waals surface area contributed by atoms with Gasteiger partial charge in [-0.1, -0.05) is 24.3 Å². The fourth-order valence-corrected chi connectivity index (χ4v) is 2.67. The van der Waals surface area contributed by atoms with E-state index in [2.05, 4.69) is 35.2 Å². The molecule has 0 amide bonds. The second-order valence-corrected chi connectivity index (χ2v) is 5.12. The van der Waals surface area contributed by atoms with Gasteiger partial charge in [-0.3, -0.25) is 9.88 Å². The quantitative estimate of drug-likeness (QED) is 0.947. The number of benzene rings is 1. The molecule has 1 atom stereocenters. The Morgan fingerprint density at radius 3 is 2.70 bits per heavy atom. The molecule has 0 spiro atoms. The molecule has 1 aliphatic heterocycles. The van der Waals surface area contributed by atoms with Crippen molar-refractivity contribution in [2.75, 3.05) is 19.6 Å². The van der Waals surface area contributed by atoms with Crippen LogP contribution in [0.2, 0.25) is 0 Å². The van der Waals surface area contributed by atoms with Crippen LogP contribution >= 0.6 is 24.8 Å². The van der Waals surface area contributed by atoms with E-state index in [1.807, 2.05) is 6.07 Å². The number of para-hydroxylation sites is 1. The van der Waals surface area contributed by atoms with Crippen LogP contribution in [0.25, 0.3) is 10.9 Å². The highest BCUT2D eigenvalue weighted by atomic mass is 35.5. The second-order valence-electron chi connectivity index (χ2n) is 5.12. The van der Waals surface area contributed by atoms with Gasteiger partial charge in [0.2, 0.25) is 0 Å². The first-order valence-corrected chi connectivity index (χ1v) is 6.62. The van der Waals surface area contributed by atoms with Crippen LogP contribution in [-0.4, -0.2) is 29.5 Å². The molecule has 2 aromatic rings. The summed E-state index contributed by atoms with van der Waals surface area (Å²) in [5.74, 6) is 0.672. The van der Waals surface area contributed by atoms with Crippen LogP contribution in [0.5, 0.6) is 0 Å². The van der Waals surface area contributed by atoms with E-state index < -0.39 is 0 Å². The molecular weight excluding hydrogens is 293 g/mol. The molecule has 2 N–H and O–H groups in total. The molecule has 0 aliphatic carbocycles. The van der Waals surface area contributed by atoms with Crippen LogP contribution in [-0.2, 0) is 6.54 Å². The molecule has 5 heteroatoms. The van der Waals surface area contributed by atoms with Crippen LogP contribution in [0.15, 0.2) is 36.4 Å². The summed E-state index contributed by atoms with van der Waals surface area (Å²) < 4.78 is 0. The summed E-state index contributed by atoms with van der Waals surface area (Å²) in [7, 11) is 0. The van der Waals surface area contributed by atoms with Crippen molar-refractivity contribution in [2.45, 2.75) is 13.0 Å². The van der Waals surface area contributed by atoms with Crippen LogP contribution in [0, 0.1) is 5.92 Å². The molecule has 1 unspecified atom stereocenters. The summed E-state index contributed by atoms with van der Waals surface area (Å²) in [5.41, 5.74) is 7.97. The van der Waals surface area contributed by atoms with Crippen molar-refractivity contribution in [3.8, 4) is 0 Å². The average Bonchev–Trinajstić information content (AvgIpc) is 2.86. The van der Waals surface area contributed by atoms with E-state index in [1.54, 1.807) is 0 Å². The summed E-state index contributed by atoms with van der Waals surface area (Å²) in [5, 5.41) is 1.21. The Bertz CT molecular complexity index is 547. The molecular formula is C15H21Cl2N3. The SMILES string of the molecule is Cl.Cl.NCC1CCN(Cc2ccc3ccccc3n2)C1. The number of halogens is 2.